The van der Waals surface area contributed by atoms with Gasteiger partial charge in [-0.3, -0.25) is 0 Å². The number of halogens is 1. The van der Waals surface area contributed by atoms with Crippen LogP contribution in [0.3, 0.4) is 0 Å². The standard InChI is InChI=1S/C12H13FN2OS/c1-12(2,3)17(16)15-8-10-4-9(7-14)5-11(13)6-10/h4-6,8H,1-3H3/b15-8+/t17-/m1/s1. The van der Waals surface area contributed by atoms with Gasteiger partial charge >= 0.3 is 0 Å². The van der Waals surface area contributed by atoms with Crippen LogP contribution in [0, 0.1) is 17.1 Å². The average molecular weight is 252 g/mol. The lowest BCUT2D eigenvalue weighted by Crippen LogP contribution is -2.25. The molecule has 17 heavy (non-hydrogen) atoms. The average Bonchev–Trinajstić information content (AvgIpc) is 2.23. The Labute approximate surface area is 103 Å². The van der Waals surface area contributed by atoms with Gasteiger partial charge in [-0.25, -0.2) is 4.39 Å². The third-order valence-electron chi connectivity index (χ3n) is 1.87. The highest BCUT2D eigenvalue weighted by molar-refractivity contribution is 7.91. The predicted octanol–water partition coefficient (Wildman–Crippen LogP) is 2.58. The van der Waals surface area contributed by atoms with Gasteiger partial charge in [0.15, 0.2) is 0 Å². The third kappa shape index (κ3) is 4.17. The van der Waals surface area contributed by atoms with E-state index in [9.17, 15) is 8.94 Å². The molecule has 0 fully saturated rings. The van der Waals surface area contributed by atoms with E-state index in [4.69, 9.17) is 5.26 Å². The summed E-state index contributed by atoms with van der Waals surface area (Å²) in [5.41, 5.74) is 0.646. The van der Waals surface area contributed by atoms with E-state index in [1.165, 1.54) is 18.3 Å². The topological polar surface area (TPSA) is 59.2 Å². The molecule has 0 N–H and O–H groups in total. The van der Waals surface area contributed by atoms with Crippen molar-refractivity contribution in [3.63, 3.8) is 0 Å². The van der Waals surface area contributed by atoms with E-state index >= 15 is 0 Å². The lowest BCUT2D eigenvalue weighted by Gasteiger charge is -2.17. The highest BCUT2D eigenvalue weighted by Crippen LogP contribution is 2.17. The minimum atomic E-state index is -1.39. The Balaban J connectivity index is 2.93. The number of nitrogens with zero attached hydrogens (tertiary/aromatic N) is 2. The van der Waals surface area contributed by atoms with Gasteiger partial charge in [0.05, 0.1) is 17.8 Å². The first-order valence-corrected chi connectivity index (χ1v) is 6.10. The van der Waals surface area contributed by atoms with Crippen molar-refractivity contribution < 1.29 is 8.94 Å². The van der Waals surface area contributed by atoms with Crippen molar-refractivity contribution in [2.24, 2.45) is 4.40 Å². The fraction of sp³-hybridized carbons (Fsp3) is 0.333. The van der Waals surface area contributed by atoms with E-state index in [1.807, 2.05) is 6.07 Å². The molecule has 90 valence electrons. The predicted molar refractivity (Wildman–Crippen MR) is 66.6 cm³/mol. The van der Waals surface area contributed by atoms with Gasteiger partial charge < -0.3 is 4.55 Å². The molecule has 1 rings (SSSR count). The summed E-state index contributed by atoms with van der Waals surface area (Å²) in [5, 5.41) is 8.67. The zero-order valence-corrected chi connectivity index (χ0v) is 10.7. The number of rotatable bonds is 2. The van der Waals surface area contributed by atoms with Gasteiger partial charge in [0.1, 0.15) is 21.9 Å². The van der Waals surface area contributed by atoms with Crippen molar-refractivity contribution in [2.75, 3.05) is 0 Å². The number of hydrogen-bond acceptors (Lipinski definition) is 3. The van der Waals surface area contributed by atoms with Gasteiger partial charge in [0.25, 0.3) is 0 Å². The molecule has 0 unspecified atom stereocenters. The molecule has 0 saturated carbocycles. The van der Waals surface area contributed by atoms with Gasteiger partial charge in [0.2, 0.25) is 0 Å². The molecule has 0 heterocycles. The van der Waals surface area contributed by atoms with Crippen LogP contribution in [0.1, 0.15) is 31.9 Å². The van der Waals surface area contributed by atoms with Crippen LogP contribution in [0.15, 0.2) is 22.6 Å². The second-order valence-electron chi connectivity index (χ2n) is 4.48. The SMILES string of the molecule is CC(C)(C)[S@@+]([O-])/N=C/c1cc(F)cc(C#N)c1. The second kappa shape index (κ2) is 5.30. The van der Waals surface area contributed by atoms with E-state index in [-0.39, 0.29) is 5.56 Å². The molecule has 0 radical (unpaired) electrons. The van der Waals surface area contributed by atoms with E-state index < -0.39 is 21.9 Å². The number of benzene rings is 1. The number of hydrogen-bond donors (Lipinski definition) is 0. The monoisotopic (exact) mass is 252 g/mol. The summed E-state index contributed by atoms with van der Waals surface area (Å²) in [5.74, 6) is -0.507. The summed E-state index contributed by atoms with van der Waals surface area (Å²) < 4.78 is 28.1. The first-order chi connectivity index (χ1) is 7.82. The summed E-state index contributed by atoms with van der Waals surface area (Å²) in [6, 6.07) is 5.72. The molecule has 0 aliphatic heterocycles. The van der Waals surface area contributed by atoms with Gasteiger partial charge in [-0.15, -0.1) is 0 Å². The van der Waals surface area contributed by atoms with Gasteiger partial charge in [0, 0.05) is 5.56 Å². The molecular formula is C12H13FN2OS. The fourth-order valence-electron chi connectivity index (χ4n) is 1.02. The molecule has 0 aromatic heterocycles. The lowest BCUT2D eigenvalue weighted by atomic mass is 10.1. The summed E-state index contributed by atoms with van der Waals surface area (Å²) in [6.07, 6.45) is 1.32. The highest BCUT2D eigenvalue weighted by atomic mass is 32.2. The van der Waals surface area contributed by atoms with Crippen LogP contribution in [0.25, 0.3) is 0 Å². The maximum Gasteiger partial charge on any atom is 0.144 e. The summed E-state index contributed by atoms with van der Waals surface area (Å²) in [4.78, 5) is 0. The summed E-state index contributed by atoms with van der Waals surface area (Å²) in [7, 11) is 0. The molecule has 1 aromatic carbocycles. The maximum absolute atomic E-state index is 13.1. The second-order valence-corrected chi connectivity index (χ2v) is 6.41. The van der Waals surface area contributed by atoms with Gasteiger partial charge in [-0.05, 0) is 39.0 Å². The first-order valence-electron chi connectivity index (χ1n) is 4.99. The van der Waals surface area contributed by atoms with Crippen molar-refractivity contribution in [2.45, 2.75) is 25.5 Å². The fourth-order valence-corrected chi connectivity index (χ4v) is 1.55. The zero-order valence-electron chi connectivity index (χ0n) is 9.90. The van der Waals surface area contributed by atoms with Crippen LogP contribution < -0.4 is 0 Å². The summed E-state index contributed by atoms with van der Waals surface area (Å²) in [6.45, 7) is 5.40. The maximum atomic E-state index is 13.1. The molecule has 0 bridgehead atoms. The van der Waals surface area contributed by atoms with Crippen molar-refractivity contribution in [1.29, 1.82) is 5.26 Å². The van der Waals surface area contributed by atoms with Crippen molar-refractivity contribution in [1.82, 2.24) is 0 Å². The Morgan fingerprint density at radius 1 is 1.41 bits per heavy atom. The molecule has 0 aliphatic rings. The summed E-state index contributed by atoms with van der Waals surface area (Å²) >= 11 is -1.39. The van der Waals surface area contributed by atoms with Crippen LogP contribution in [0.4, 0.5) is 4.39 Å². The molecule has 0 spiro atoms. The Bertz CT molecular complexity index is 474. The normalized spacial score (nSPS) is 13.6. The highest BCUT2D eigenvalue weighted by Gasteiger charge is 2.25. The minimum absolute atomic E-state index is 0.216. The van der Waals surface area contributed by atoms with E-state index in [2.05, 4.69) is 4.40 Å². The van der Waals surface area contributed by atoms with E-state index in [0.29, 0.717) is 5.56 Å². The zero-order chi connectivity index (χ0) is 13.1. The van der Waals surface area contributed by atoms with Crippen molar-refractivity contribution in [3.8, 4) is 6.07 Å². The number of nitriles is 1. The molecule has 0 amide bonds. The Hall–Kier alpha value is -1.38. The van der Waals surface area contributed by atoms with Crippen molar-refractivity contribution >= 4 is 17.6 Å². The van der Waals surface area contributed by atoms with Gasteiger partial charge in [-0.1, -0.05) is 4.40 Å². The van der Waals surface area contributed by atoms with E-state index in [1.54, 1.807) is 20.8 Å². The molecule has 0 aliphatic carbocycles. The Kier molecular flexibility index (Phi) is 4.27. The van der Waals surface area contributed by atoms with Crippen LogP contribution in [0.2, 0.25) is 0 Å². The smallest absolute Gasteiger partial charge is 0.144 e. The molecular weight excluding hydrogens is 239 g/mol. The lowest BCUT2D eigenvalue weighted by molar-refractivity contribution is 0.562. The Morgan fingerprint density at radius 2 is 2.06 bits per heavy atom. The first kappa shape index (κ1) is 13.7. The van der Waals surface area contributed by atoms with Crippen LogP contribution in [-0.4, -0.2) is 15.5 Å². The largest absolute Gasteiger partial charge is 0.591 e. The van der Waals surface area contributed by atoms with Crippen LogP contribution in [-0.2, 0) is 11.4 Å². The van der Waals surface area contributed by atoms with Gasteiger partial charge in [-0.2, -0.15) is 5.26 Å². The Morgan fingerprint density at radius 3 is 2.59 bits per heavy atom. The van der Waals surface area contributed by atoms with E-state index in [0.717, 1.165) is 6.07 Å². The third-order valence-corrected chi connectivity index (χ3v) is 3.22. The minimum Gasteiger partial charge on any atom is -0.591 e. The molecule has 3 nitrogen and oxygen atoms in total. The van der Waals surface area contributed by atoms with Crippen LogP contribution in [0.5, 0.6) is 0 Å². The molecule has 5 heteroatoms. The molecule has 1 aromatic rings. The van der Waals surface area contributed by atoms with Crippen molar-refractivity contribution in [3.05, 3.63) is 35.1 Å². The molecule has 0 saturated heterocycles. The van der Waals surface area contributed by atoms with Crippen LogP contribution >= 0.6 is 0 Å². The quantitative estimate of drug-likeness (QED) is 0.600. The molecule has 1 atom stereocenters.